The van der Waals surface area contributed by atoms with E-state index in [0.717, 1.165) is 48.9 Å². The quantitative estimate of drug-likeness (QED) is 0.937. The second kappa shape index (κ2) is 6.69. The van der Waals surface area contributed by atoms with E-state index in [1.54, 1.807) is 7.11 Å². The van der Waals surface area contributed by atoms with Gasteiger partial charge < -0.3 is 15.0 Å². The summed E-state index contributed by atoms with van der Waals surface area (Å²) >= 11 is 0. The number of rotatable bonds is 4. The highest BCUT2D eigenvalue weighted by Gasteiger charge is 2.20. The number of aromatic nitrogens is 1. The van der Waals surface area contributed by atoms with Crippen LogP contribution in [0.5, 0.6) is 5.75 Å². The van der Waals surface area contributed by atoms with E-state index < -0.39 is 0 Å². The maximum Gasteiger partial charge on any atom is 0.141 e. The highest BCUT2D eigenvalue weighted by Crippen LogP contribution is 2.27. The molecule has 0 atom stereocenters. The first-order valence-corrected chi connectivity index (χ1v) is 7.84. The van der Waals surface area contributed by atoms with Crippen molar-refractivity contribution >= 4 is 11.5 Å². The summed E-state index contributed by atoms with van der Waals surface area (Å²) in [6.07, 6.45) is 2.21. The van der Waals surface area contributed by atoms with Crippen molar-refractivity contribution in [3.05, 3.63) is 48.2 Å². The van der Waals surface area contributed by atoms with Gasteiger partial charge in [-0.1, -0.05) is 18.2 Å². The Labute approximate surface area is 132 Å². The summed E-state index contributed by atoms with van der Waals surface area (Å²) in [7, 11) is 1.71. The molecule has 1 aromatic carbocycles. The second-order valence-electron chi connectivity index (χ2n) is 5.74. The topological polar surface area (TPSA) is 37.4 Å². The van der Waals surface area contributed by atoms with E-state index in [0.29, 0.717) is 6.04 Å². The SMILES string of the molecule is COc1ccccc1NC1CCN(c2cccc(C)n2)CC1. The number of aryl methyl sites for hydroxylation is 1. The predicted octanol–water partition coefficient (Wildman–Crippen LogP) is 3.48. The van der Waals surface area contributed by atoms with Gasteiger partial charge in [-0.25, -0.2) is 4.98 Å². The Kier molecular flexibility index (Phi) is 4.47. The van der Waals surface area contributed by atoms with E-state index in [1.165, 1.54) is 0 Å². The van der Waals surface area contributed by atoms with Gasteiger partial charge in [-0.3, -0.25) is 0 Å². The zero-order chi connectivity index (χ0) is 15.4. The molecule has 1 N–H and O–H groups in total. The van der Waals surface area contributed by atoms with Gasteiger partial charge in [-0.2, -0.15) is 0 Å². The lowest BCUT2D eigenvalue weighted by molar-refractivity contribution is 0.415. The van der Waals surface area contributed by atoms with Gasteiger partial charge in [0.25, 0.3) is 0 Å². The molecule has 4 heteroatoms. The standard InChI is InChI=1S/C18H23N3O/c1-14-6-5-9-18(19-14)21-12-10-15(11-13-21)20-16-7-3-4-8-17(16)22-2/h3-9,15,20H,10-13H2,1-2H3. The molecule has 1 saturated heterocycles. The molecule has 2 aromatic rings. The van der Waals surface area contributed by atoms with Crippen molar-refractivity contribution in [1.29, 1.82) is 0 Å². The number of piperidine rings is 1. The fraction of sp³-hybridized carbons (Fsp3) is 0.389. The number of nitrogens with zero attached hydrogens (tertiary/aromatic N) is 2. The van der Waals surface area contributed by atoms with Gasteiger partial charge in [-0.05, 0) is 44.0 Å². The molecule has 116 valence electrons. The Morgan fingerprint density at radius 1 is 1.09 bits per heavy atom. The molecule has 0 unspecified atom stereocenters. The molecule has 1 aliphatic rings. The van der Waals surface area contributed by atoms with Gasteiger partial charge in [0.1, 0.15) is 11.6 Å². The number of benzene rings is 1. The highest BCUT2D eigenvalue weighted by atomic mass is 16.5. The van der Waals surface area contributed by atoms with Crippen molar-refractivity contribution in [2.75, 3.05) is 30.4 Å². The maximum atomic E-state index is 5.41. The Balaban J connectivity index is 1.60. The van der Waals surface area contributed by atoms with Crippen LogP contribution >= 0.6 is 0 Å². The van der Waals surface area contributed by atoms with Crippen LogP contribution in [0.15, 0.2) is 42.5 Å². The Morgan fingerprint density at radius 2 is 1.86 bits per heavy atom. The molecule has 0 aliphatic carbocycles. The zero-order valence-corrected chi connectivity index (χ0v) is 13.2. The number of para-hydroxylation sites is 2. The van der Waals surface area contributed by atoms with E-state index in [2.05, 4.69) is 33.4 Å². The summed E-state index contributed by atoms with van der Waals surface area (Å²) in [5.74, 6) is 2.00. The van der Waals surface area contributed by atoms with E-state index in [9.17, 15) is 0 Å². The van der Waals surface area contributed by atoms with Crippen LogP contribution in [-0.2, 0) is 0 Å². The van der Waals surface area contributed by atoms with Crippen molar-refractivity contribution in [2.24, 2.45) is 0 Å². The van der Waals surface area contributed by atoms with Crippen LogP contribution in [0, 0.1) is 6.92 Å². The largest absolute Gasteiger partial charge is 0.495 e. The zero-order valence-electron chi connectivity index (χ0n) is 13.2. The number of anilines is 2. The van der Waals surface area contributed by atoms with E-state index in [-0.39, 0.29) is 0 Å². The van der Waals surface area contributed by atoms with Crippen LogP contribution in [0.1, 0.15) is 18.5 Å². The normalized spacial score (nSPS) is 15.6. The lowest BCUT2D eigenvalue weighted by Crippen LogP contribution is -2.39. The summed E-state index contributed by atoms with van der Waals surface area (Å²) in [6, 6.07) is 14.8. The molecule has 0 radical (unpaired) electrons. The molecule has 4 nitrogen and oxygen atoms in total. The Bertz CT molecular complexity index is 621. The molecule has 2 heterocycles. The Morgan fingerprint density at radius 3 is 2.59 bits per heavy atom. The minimum Gasteiger partial charge on any atom is -0.495 e. The number of ether oxygens (including phenoxy) is 1. The number of hydrogen-bond donors (Lipinski definition) is 1. The first kappa shape index (κ1) is 14.7. The van der Waals surface area contributed by atoms with E-state index >= 15 is 0 Å². The molecular weight excluding hydrogens is 274 g/mol. The van der Waals surface area contributed by atoms with Crippen LogP contribution in [-0.4, -0.2) is 31.2 Å². The summed E-state index contributed by atoms with van der Waals surface area (Å²) in [6.45, 7) is 4.10. The number of nitrogens with one attached hydrogen (secondary N) is 1. The molecule has 22 heavy (non-hydrogen) atoms. The molecule has 0 amide bonds. The minimum absolute atomic E-state index is 0.484. The van der Waals surface area contributed by atoms with Gasteiger partial charge in [-0.15, -0.1) is 0 Å². The van der Waals surface area contributed by atoms with Gasteiger partial charge in [0.2, 0.25) is 0 Å². The molecule has 1 aromatic heterocycles. The number of methoxy groups -OCH3 is 1. The molecule has 3 rings (SSSR count). The smallest absolute Gasteiger partial charge is 0.141 e. The number of hydrogen-bond acceptors (Lipinski definition) is 4. The number of pyridine rings is 1. The third-order valence-corrected chi connectivity index (χ3v) is 4.16. The van der Waals surface area contributed by atoms with Crippen LogP contribution in [0.2, 0.25) is 0 Å². The average Bonchev–Trinajstić information content (AvgIpc) is 2.56. The van der Waals surface area contributed by atoms with Crippen molar-refractivity contribution < 1.29 is 4.74 Å². The second-order valence-corrected chi connectivity index (χ2v) is 5.74. The highest BCUT2D eigenvalue weighted by molar-refractivity contribution is 5.57. The first-order valence-electron chi connectivity index (χ1n) is 7.84. The summed E-state index contributed by atoms with van der Waals surface area (Å²) in [4.78, 5) is 6.99. The third-order valence-electron chi connectivity index (χ3n) is 4.16. The lowest BCUT2D eigenvalue weighted by Gasteiger charge is -2.34. The van der Waals surface area contributed by atoms with Crippen molar-refractivity contribution in [2.45, 2.75) is 25.8 Å². The van der Waals surface area contributed by atoms with Crippen LogP contribution in [0.3, 0.4) is 0 Å². The summed E-state index contributed by atoms with van der Waals surface area (Å²) in [5.41, 5.74) is 2.16. The third kappa shape index (κ3) is 3.32. The first-order chi connectivity index (χ1) is 10.8. The fourth-order valence-electron chi connectivity index (χ4n) is 2.94. The Hall–Kier alpha value is -2.23. The predicted molar refractivity (Wildman–Crippen MR) is 90.8 cm³/mol. The van der Waals surface area contributed by atoms with Crippen LogP contribution < -0.4 is 15.0 Å². The van der Waals surface area contributed by atoms with E-state index in [4.69, 9.17) is 4.74 Å². The molecule has 0 spiro atoms. The van der Waals surface area contributed by atoms with Gasteiger partial charge in [0.05, 0.1) is 12.8 Å². The van der Waals surface area contributed by atoms with E-state index in [1.807, 2.05) is 31.2 Å². The van der Waals surface area contributed by atoms with Crippen LogP contribution in [0.4, 0.5) is 11.5 Å². The lowest BCUT2D eigenvalue weighted by atomic mass is 10.0. The summed E-state index contributed by atoms with van der Waals surface area (Å²) < 4.78 is 5.41. The van der Waals surface area contributed by atoms with Crippen LogP contribution in [0.25, 0.3) is 0 Å². The van der Waals surface area contributed by atoms with Crippen molar-refractivity contribution in [3.63, 3.8) is 0 Å². The monoisotopic (exact) mass is 297 g/mol. The minimum atomic E-state index is 0.484. The van der Waals surface area contributed by atoms with Crippen molar-refractivity contribution in [1.82, 2.24) is 4.98 Å². The molecule has 0 bridgehead atoms. The van der Waals surface area contributed by atoms with Gasteiger partial charge in [0.15, 0.2) is 0 Å². The van der Waals surface area contributed by atoms with Crippen molar-refractivity contribution in [3.8, 4) is 5.75 Å². The average molecular weight is 297 g/mol. The van der Waals surface area contributed by atoms with Gasteiger partial charge >= 0.3 is 0 Å². The summed E-state index contributed by atoms with van der Waals surface area (Å²) in [5, 5.41) is 3.61. The molecule has 0 saturated carbocycles. The molecule has 1 fully saturated rings. The fourth-order valence-corrected chi connectivity index (χ4v) is 2.94. The molecule has 1 aliphatic heterocycles. The maximum absolute atomic E-state index is 5.41. The van der Waals surface area contributed by atoms with Gasteiger partial charge in [0, 0.05) is 24.8 Å². The molecular formula is C18H23N3O.